The Morgan fingerprint density at radius 2 is 1.40 bits per heavy atom. The highest BCUT2D eigenvalue weighted by Gasteiger charge is 2.40. The summed E-state index contributed by atoms with van der Waals surface area (Å²) in [5, 5.41) is 0. The molecular weight excluding hydrogens is 340 g/mol. The van der Waals surface area contributed by atoms with E-state index in [0.717, 1.165) is 12.8 Å². The molecule has 0 aliphatic heterocycles. The molecule has 4 bridgehead atoms. The summed E-state index contributed by atoms with van der Waals surface area (Å²) in [4.78, 5) is 0. The SMILES string of the molecule is C=C=C1CC2C=CC1C2C=CC(C=CC1C2C=CC1C(=C=C)C2)[Si]Cl. The van der Waals surface area contributed by atoms with Crippen molar-refractivity contribution in [1.29, 1.82) is 0 Å². The number of fused-ring (bicyclic) bond motifs is 4. The van der Waals surface area contributed by atoms with E-state index in [2.05, 4.69) is 73.2 Å². The van der Waals surface area contributed by atoms with Crippen LogP contribution in [0, 0.1) is 35.5 Å². The highest BCUT2D eigenvalue weighted by atomic mass is 35.6. The first kappa shape index (κ1) is 16.9. The lowest BCUT2D eigenvalue weighted by molar-refractivity contribution is 0.537. The molecule has 25 heavy (non-hydrogen) atoms. The van der Waals surface area contributed by atoms with Gasteiger partial charge in [-0.1, -0.05) is 61.8 Å². The lowest BCUT2D eigenvalue weighted by atomic mass is 9.93. The Morgan fingerprint density at radius 1 is 0.920 bits per heavy atom. The molecule has 0 spiro atoms. The molecule has 2 heteroatoms. The van der Waals surface area contributed by atoms with E-state index >= 15 is 0 Å². The van der Waals surface area contributed by atoms with Crippen LogP contribution >= 0.6 is 11.1 Å². The van der Waals surface area contributed by atoms with Crippen LogP contribution in [0.15, 0.2) is 84.4 Å². The molecule has 0 nitrogen and oxygen atoms in total. The topological polar surface area (TPSA) is 0 Å². The molecule has 4 aliphatic rings. The third-order valence-corrected chi connectivity index (χ3v) is 7.72. The van der Waals surface area contributed by atoms with Gasteiger partial charge in [-0.25, -0.2) is 0 Å². The Labute approximate surface area is 158 Å². The molecule has 0 N–H and O–H groups in total. The van der Waals surface area contributed by atoms with Crippen LogP contribution in [0.5, 0.6) is 0 Å². The minimum atomic E-state index is 0.328. The van der Waals surface area contributed by atoms with E-state index < -0.39 is 0 Å². The van der Waals surface area contributed by atoms with E-state index in [4.69, 9.17) is 11.1 Å². The molecule has 4 aliphatic carbocycles. The van der Waals surface area contributed by atoms with Gasteiger partial charge < -0.3 is 0 Å². The number of halogens is 1. The lowest BCUT2D eigenvalue weighted by Crippen LogP contribution is -2.05. The predicted octanol–water partition coefficient (Wildman–Crippen LogP) is 5.81. The van der Waals surface area contributed by atoms with Gasteiger partial charge in [0.25, 0.3) is 0 Å². The molecule has 0 heterocycles. The molecule has 2 fully saturated rings. The summed E-state index contributed by atoms with van der Waals surface area (Å²) in [5.41, 5.74) is 9.35. The molecule has 4 rings (SSSR count). The zero-order chi connectivity index (χ0) is 17.4. The fraction of sp³-hybridized carbons (Fsp3) is 0.391. The van der Waals surface area contributed by atoms with Crippen molar-refractivity contribution in [3.05, 3.63) is 84.4 Å². The maximum atomic E-state index is 6.27. The minimum Gasteiger partial charge on any atom is -0.170 e. The van der Waals surface area contributed by atoms with E-state index in [9.17, 15) is 0 Å². The number of hydrogen-bond acceptors (Lipinski definition) is 0. The van der Waals surface area contributed by atoms with Gasteiger partial charge in [-0.15, -0.1) is 11.5 Å². The second-order valence-corrected chi connectivity index (χ2v) is 9.06. The summed E-state index contributed by atoms with van der Waals surface area (Å²) in [6.45, 7) is 7.69. The van der Waals surface area contributed by atoms with Crippen molar-refractivity contribution in [2.75, 3.05) is 0 Å². The normalized spacial score (nSPS) is 39.1. The highest BCUT2D eigenvalue weighted by Crippen LogP contribution is 2.49. The summed E-state index contributed by atoms with van der Waals surface area (Å²) >= 11 is 6.27. The number of allylic oxidation sites excluding steroid dienone is 10. The van der Waals surface area contributed by atoms with Crippen LogP contribution in [0.3, 0.4) is 0 Å². The Balaban J connectivity index is 1.42. The molecule has 6 unspecified atom stereocenters. The van der Waals surface area contributed by atoms with Gasteiger partial charge in [0.2, 0.25) is 0 Å². The van der Waals surface area contributed by atoms with Gasteiger partial charge in [-0.2, -0.15) is 11.1 Å². The van der Waals surface area contributed by atoms with Gasteiger partial charge in [0.15, 0.2) is 8.83 Å². The standard InChI is InChI=1S/C23H23ClSi/c1-3-15-13-17-5-9-20(15)22(17)11-7-19(25-24)8-12-23-18-6-10-21(23)16(4-2)14-18/h5-12,17-23H,1-2,13-14H2. The van der Waals surface area contributed by atoms with Crippen LogP contribution < -0.4 is 0 Å². The van der Waals surface area contributed by atoms with Crippen LogP contribution in [0.2, 0.25) is 5.54 Å². The van der Waals surface area contributed by atoms with Gasteiger partial charge in [0.05, 0.1) is 0 Å². The first-order valence-corrected chi connectivity index (χ1v) is 11.2. The Hall–Kier alpha value is -1.49. The summed E-state index contributed by atoms with van der Waals surface area (Å²) in [7, 11) is 0.380. The Kier molecular flexibility index (Phi) is 4.76. The quantitative estimate of drug-likeness (QED) is 0.250. The van der Waals surface area contributed by atoms with Crippen LogP contribution in [0.25, 0.3) is 0 Å². The van der Waals surface area contributed by atoms with Crippen molar-refractivity contribution in [2.24, 2.45) is 35.5 Å². The van der Waals surface area contributed by atoms with E-state index in [1.165, 1.54) is 11.1 Å². The first-order chi connectivity index (χ1) is 12.2. The van der Waals surface area contributed by atoms with E-state index in [-0.39, 0.29) is 0 Å². The number of rotatable bonds is 5. The molecule has 0 aromatic heterocycles. The van der Waals surface area contributed by atoms with Crippen molar-refractivity contribution < 1.29 is 0 Å². The monoisotopic (exact) mass is 362 g/mol. The molecule has 6 atom stereocenters. The summed E-state index contributed by atoms with van der Waals surface area (Å²) in [6.07, 6.45) is 21.0. The second-order valence-electron chi connectivity index (χ2n) is 7.52. The van der Waals surface area contributed by atoms with Gasteiger partial charge >= 0.3 is 0 Å². The van der Waals surface area contributed by atoms with E-state index in [0.29, 0.717) is 49.9 Å². The van der Waals surface area contributed by atoms with Crippen LogP contribution in [0.1, 0.15) is 12.8 Å². The smallest absolute Gasteiger partial charge is 0.170 e. The average Bonchev–Trinajstić information content (AvgIpc) is 3.40. The molecule has 0 aromatic carbocycles. The molecule has 2 saturated carbocycles. The highest BCUT2D eigenvalue weighted by molar-refractivity contribution is 6.95. The molecule has 126 valence electrons. The fourth-order valence-corrected chi connectivity index (χ4v) is 5.80. The van der Waals surface area contributed by atoms with Crippen LogP contribution in [0.4, 0.5) is 0 Å². The minimum absolute atomic E-state index is 0.328. The van der Waals surface area contributed by atoms with Gasteiger partial charge in [-0.05, 0) is 47.7 Å². The zero-order valence-corrected chi connectivity index (χ0v) is 16.1. The second kappa shape index (κ2) is 7.02. The average molecular weight is 363 g/mol. The van der Waals surface area contributed by atoms with Crippen molar-refractivity contribution in [2.45, 2.75) is 18.4 Å². The van der Waals surface area contributed by atoms with Crippen molar-refractivity contribution in [1.82, 2.24) is 0 Å². The maximum Gasteiger partial charge on any atom is 0.183 e. The van der Waals surface area contributed by atoms with Gasteiger partial charge in [0.1, 0.15) is 0 Å². The molecular formula is C23H23ClSi. The molecule has 0 aromatic rings. The van der Waals surface area contributed by atoms with Gasteiger partial charge in [0, 0.05) is 17.4 Å². The largest absolute Gasteiger partial charge is 0.183 e. The zero-order valence-electron chi connectivity index (χ0n) is 14.4. The molecule has 2 radical (unpaired) electrons. The molecule has 0 saturated heterocycles. The summed E-state index contributed by atoms with van der Waals surface area (Å²) < 4.78 is 0. The first-order valence-electron chi connectivity index (χ1n) is 9.12. The third-order valence-electron chi connectivity index (χ3n) is 6.33. The molecule has 0 amide bonds. The third kappa shape index (κ3) is 2.96. The predicted molar refractivity (Wildman–Crippen MR) is 107 cm³/mol. The van der Waals surface area contributed by atoms with Crippen molar-refractivity contribution in [3.8, 4) is 0 Å². The lowest BCUT2D eigenvalue weighted by Gasteiger charge is -2.13. The Bertz CT molecular complexity index is 706. The number of hydrogen-bond donors (Lipinski definition) is 0. The van der Waals surface area contributed by atoms with Crippen LogP contribution in [-0.2, 0) is 0 Å². The van der Waals surface area contributed by atoms with E-state index in [1.807, 2.05) is 0 Å². The summed E-state index contributed by atoms with van der Waals surface area (Å²) in [5.74, 6) is 3.43. The van der Waals surface area contributed by atoms with Gasteiger partial charge in [-0.3, -0.25) is 0 Å². The van der Waals surface area contributed by atoms with Crippen molar-refractivity contribution >= 4 is 19.9 Å². The van der Waals surface area contributed by atoms with Crippen LogP contribution in [-0.4, -0.2) is 8.83 Å². The summed E-state index contributed by atoms with van der Waals surface area (Å²) in [6, 6.07) is 0. The maximum absolute atomic E-state index is 6.27. The fourth-order valence-electron chi connectivity index (χ4n) is 4.99. The van der Waals surface area contributed by atoms with Crippen molar-refractivity contribution in [3.63, 3.8) is 0 Å². The van der Waals surface area contributed by atoms with E-state index in [1.54, 1.807) is 0 Å². The Morgan fingerprint density at radius 3 is 1.76 bits per heavy atom.